The molecular formula is C22H18ClFN4O2. The lowest BCUT2D eigenvalue weighted by Gasteiger charge is -2.10. The first-order valence-corrected chi connectivity index (χ1v) is 9.59. The highest BCUT2D eigenvalue weighted by atomic mass is 35.5. The summed E-state index contributed by atoms with van der Waals surface area (Å²) in [5.41, 5.74) is 4.25. The molecule has 152 valence electrons. The molecule has 0 radical (unpaired) electrons. The second kappa shape index (κ2) is 8.12. The number of nitrogens with zero attached hydrogens (tertiary/aromatic N) is 3. The van der Waals surface area contributed by atoms with Crippen LogP contribution in [0.5, 0.6) is 5.75 Å². The van der Waals surface area contributed by atoms with Gasteiger partial charge in [-0.3, -0.25) is 4.79 Å². The van der Waals surface area contributed by atoms with Crippen molar-refractivity contribution in [3.63, 3.8) is 0 Å². The molecule has 0 fully saturated rings. The molecule has 1 N–H and O–H groups in total. The summed E-state index contributed by atoms with van der Waals surface area (Å²) >= 11 is 6.00. The normalized spacial score (nSPS) is 10.9. The molecule has 1 aromatic heterocycles. The second-order valence-corrected chi connectivity index (χ2v) is 7.28. The third kappa shape index (κ3) is 4.26. The summed E-state index contributed by atoms with van der Waals surface area (Å²) in [4.78, 5) is 13.8. The van der Waals surface area contributed by atoms with Gasteiger partial charge >= 0.3 is 0 Å². The highest BCUT2D eigenvalue weighted by Crippen LogP contribution is 2.23. The number of nitrogens with one attached hydrogen (secondary N) is 1. The van der Waals surface area contributed by atoms with Gasteiger partial charge in [0, 0.05) is 10.7 Å². The average Bonchev–Trinajstić information content (AvgIpc) is 3.12. The van der Waals surface area contributed by atoms with E-state index in [9.17, 15) is 9.18 Å². The van der Waals surface area contributed by atoms with Crippen molar-refractivity contribution in [1.82, 2.24) is 15.0 Å². The minimum absolute atomic E-state index is 0.138. The monoisotopic (exact) mass is 424 g/mol. The lowest BCUT2D eigenvalue weighted by molar-refractivity contribution is -0.118. The maximum absolute atomic E-state index is 13.1. The molecular weight excluding hydrogens is 407 g/mol. The minimum atomic E-state index is -0.327. The summed E-state index contributed by atoms with van der Waals surface area (Å²) in [5.74, 6) is -0.0512. The molecule has 6 nitrogen and oxygen atoms in total. The van der Waals surface area contributed by atoms with Crippen LogP contribution in [-0.4, -0.2) is 27.5 Å². The number of aryl methyl sites for hydroxylation is 2. The smallest absolute Gasteiger partial charge is 0.262 e. The number of aromatic nitrogens is 3. The topological polar surface area (TPSA) is 69.0 Å². The largest absolute Gasteiger partial charge is 0.484 e. The molecule has 0 saturated carbocycles. The highest BCUT2D eigenvalue weighted by Gasteiger charge is 2.11. The van der Waals surface area contributed by atoms with Crippen molar-refractivity contribution < 1.29 is 13.9 Å². The minimum Gasteiger partial charge on any atom is -0.484 e. The molecule has 30 heavy (non-hydrogen) atoms. The summed E-state index contributed by atoms with van der Waals surface area (Å²) < 4.78 is 18.7. The van der Waals surface area contributed by atoms with Gasteiger partial charge < -0.3 is 10.1 Å². The molecule has 0 aliphatic heterocycles. The number of halogens is 2. The Hall–Kier alpha value is -3.45. The SMILES string of the molecule is Cc1cc(OCC(=O)Nc2cc3nn(-c4ccc(F)cc4)nc3cc2C)ccc1Cl. The fraction of sp³-hybridized carbons (Fsp3) is 0.136. The molecule has 1 amide bonds. The fourth-order valence-corrected chi connectivity index (χ4v) is 3.05. The lowest BCUT2D eigenvalue weighted by atomic mass is 10.1. The van der Waals surface area contributed by atoms with Gasteiger partial charge in [0.25, 0.3) is 5.91 Å². The molecule has 0 atom stereocenters. The van der Waals surface area contributed by atoms with Gasteiger partial charge in [0.2, 0.25) is 0 Å². The van der Waals surface area contributed by atoms with E-state index in [0.29, 0.717) is 33.2 Å². The van der Waals surface area contributed by atoms with Crippen LogP contribution in [-0.2, 0) is 4.79 Å². The summed E-state index contributed by atoms with van der Waals surface area (Å²) in [7, 11) is 0. The van der Waals surface area contributed by atoms with Crippen molar-refractivity contribution in [3.05, 3.63) is 76.6 Å². The van der Waals surface area contributed by atoms with Gasteiger partial charge in [-0.15, -0.1) is 10.2 Å². The Kier molecular flexibility index (Phi) is 5.37. The van der Waals surface area contributed by atoms with Gasteiger partial charge in [-0.2, -0.15) is 4.80 Å². The first-order valence-electron chi connectivity index (χ1n) is 9.21. The van der Waals surface area contributed by atoms with Gasteiger partial charge in [-0.25, -0.2) is 4.39 Å². The number of ether oxygens (including phenoxy) is 1. The van der Waals surface area contributed by atoms with Crippen molar-refractivity contribution in [3.8, 4) is 11.4 Å². The number of fused-ring (bicyclic) bond motifs is 1. The summed E-state index contributed by atoms with van der Waals surface area (Å²) in [6, 6.07) is 14.7. The third-order valence-corrected chi connectivity index (χ3v) is 4.98. The Balaban J connectivity index is 1.49. The van der Waals surface area contributed by atoms with E-state index in [1.807, 2.05) is 19.9 Å². The average molecular weight is 425 g/mol. The fourth-order valence-electron chi connectivity index (χ4n) is 2.93. The molecule has 4 rings (SSSR count). The van der Waals surface area contributed by atoms with Crippen LogP contribution in [0.15, 0.2) is 54.6 Å². The Morgan fingerprint density at radius 3 is 2.43 bits per heavy atom. The molecule has 3 aromatic carbocycles. The van der Waals surface area contributed by atoms with E-state index in [1.165, 1.54) is 16.9 Å². The van der Waals surface area contributed by atoms with Crippen molar-refractivity contribution in [2.75, 3.05) is 11.9 Å². The van der Waals surface area contributed by atoms with E-state index in [2.05, 4.69) is 15.5 Å². The quantitative estimate of drug-likeness (QED) is 0.497. The number of benzene rings is 3. The number of carbonyl (C=O) groups excluding carboxylic acids is 1. The molecule has 8 heteroatoms. The van der Waals surface area contributed by atoms with Crippen molar-refractivity contribution in [1.29, 1.82) is 0 Å². The Morgan fingerprint density at radius 1 is 1.03 bits per heavy atom. The number of hydrogen-bond acceptors (Lipinski definition) is 4. The van der Waals surface area contributed by atoms with E-state index in [1.54, 1.807) is 36.4 Å². The zero-order valence-electron chi connectivity index (χ0n) is 16.3. The van der Waals surface area contributed by atoms with Crippen LogP contribution in [0.1, 0.15) is 11.1 Å². The maximum Gasteiger partial charge on any atom is 0.262 e. The van der Waals surface area contributed by atoms with Gasteiger partial charge in [0.1, 0.15) is 22.6 Å². The first kappa shape index (κ1) is 19.8. The van der Waals surface area contributed by atoms with Crippen molar-refractivity contribution in [2.24, 2.45) is 0 Å². The Morgan fingerprint density at radius 2 is 1.73 bits per heavy atom. The molecule has 0 saturated heterocycles. The molecule has 4 aromatic rings. The predicted octanol–water partition coefficient (Wildman–Crippen LogP) is 4.85. The van der Waals surface area contributed by atoms with E-state index in [0.717, 1.165) is 11.1 Å². The Bertz CT molecular complexity index is 1240. The van der Waals surface area contributed by atoms with Crippen LogP contribution in [0.2, 0.25) is 5.02 Å². The van der Waals surface area contributed by atoms with Gasteiger partial charge in [0.15, 0.2) is 6.61 Å². The van der Waals surface area contributed by atoms with Crippen LogP contribution < -0.4 is 10.1 Å². The number of hydrogen-bond donors (Lipinski definition) is 1. The third-order valence-electron chi connectivity index (χ3n) is 4.56. The van der Waals surface area contributed by atoms with Crippen LogP contribution in [0.3, 0.4) is 0 Å². The number of anilines is 1. The van der Waals surface area contributed by atoms with Crippen LogP contribution in [0.25, 0.3) is 16.7 Å². The maximum atomic E-state index is 13.1. The Labute approximate surface area is 177 Å². The zero-order chi connectivity index (χ0) is 21.3. The lowest BCUT2D eigenvalue weighted by Crippen LogP contribution is -2.20. The molecule has 0 bridgehead atoms. The summed E-state index contributed by atoms with van der Waals surface area (Å²) in [6.07, 6.45) is 0. The summed E-state index contributed by atoms with van der Waals surface area (Å²) in [6.45, 7) is 3.60. The van der Waals surface area contributed by atoms with Crippen molar-refractivity contribution in [2.45, 2.75) is 13.8 Å². The predicted molar refractivity (Wildman–Crippen MR) is 114 cm³/mol. The van der Waals surface area contributed by atoms with E-state index >= 15 is 0 Å². The molecule has 0 spiro atoms. The number of carbonyl (C=O) groups is 1. The van der Waals surface area contributed by atoms with Gasteiger partial charge in [-0.05, 0) is 79.6 Å². The van der Waals surface area contributed by atoms with Crippen LogP contribution in [0, 0.1) is 19.7 Å². The molecule has 0 aliphatic carbocycles. The molecule has 0 unspecified atom stereocenters. The second-order valence-electron chi connectivity index (χ2n) is 6.87. The number of amides is 1. The standard InChI is InChI=1S/C22H18ClFN4O2/c1-13-9-17(7-8-18(13)23)30-12-22(29)25-19-11-21-20(10-14(19)2)26-28(27-21)16-5-3-15(24)4-6-16/h3-11H,12H2,1-2H3,(H,25,29). The molecule has 1 heterocycles. The van der Waals surface area contributed by atoms with Gasteiger partial charge in [0.05, 0.1) is 5.69 Å². The zero-order valence-corrected chi connectivity index (χ0v) is 17.1. The van der Waals surface area contributed by atoms with E-state index < -0.39 is 0 Å². The van der Waals surface area contributed by atoms with E-state index in [4.69, 9.17) is 16.3 Å². The van der Waals surface area contributed by atoms with Crippen LogP contribution in [0.4, 0.5) is 10.1 Å². The number of rotatable bonds is 5. The van der Waals surface area contributed by atoms with Crippen molar-refractivity contribution >= 4 is 34.2 Å². The summed E-state index contributed by atoms with van der Waals surface area (Å²) in [5, 5.41) is 12.3. The molecule has 0 aliphatic rings. The first-order chi connectivity index (χ1) is 14.4. The highest BCUT2D eigenvalue weighted by molar-refractivity contribution is 6.31. The van der Waals surface area contributed by atoms with E-state index in [-0.39, 0.29) is 18.3 Å². The van der Waals surface area contributed by atoms with Gasteiger partial charge in [-0.1, -0.05) is 11.6 Å². The van der Waals surface area contributed by atoms with Crippen LogP contribution >= 0.6 is 11.6 Å².